The minimum atomic E-state index is -0.516. The van der Waals surface area contributed by atoms with Crippen molar-refractivity contribution in [3.63, 3.8) is 0 Å². The first-order valence-corrected chi connectivity index (χ1v) is 7.68. The number of nitrogens with zero attached hydrogens (tertiary/aromatic N) is 3. The fraction of sp³-hybridized carbons (Fsp3) is 0.353. The number of rotatable bonds is 3. The molecule has 0 saturated carbocycles. The van der Waals surface area contributed by atoms with E-state index in [2.05, 4.69) is 11.6 Å². The molecule has 3 heterocycles. The van der Waals surface area contributed by atoms with E-state index >= 15 is 0 Å². The monoisotopic (exact) mass is 329 g/mol. The van der Waals surface area contributed by atoms with Crippen LogP contribution in [-0.2, 0) is 9.47 Å². The van der Waals surface area contributed by atoms with Crippen molar-refractivity contribution in [3.05, 3.63) is 46.4 Å². The SMILES string of the molecule is C=Cc1cc(C(=O)OC)cn2c(=O)cc(N3CCOC(C)C3)nc12. The van der Waals surface area contributed by atoms with Gasteiger partial charge >= 0.3 is 5.97 Å². The smallest absolute Gasteiger partial charge is 0.339 e. The summed E-state index contributed by atoms with van der Waals surface area (Å²) in [6, 6.07) is 3.09. The average molecular weight is 329 g/mol. The lowest BCUT2D eigenvalue weighted by molar-refractivity contribution is 0.0529. The van der Waals surface area contributed by atoms with Crippen molar-refractivity contribution in [1.82, 2.24) is 9.38 Å². The van der Waals surface area contributed by atoms with Gasteiger partial charge in [0.1, 0.15) is 11.5 Å². The molecule has 0 amide bonds. The first-order valence-electron chi connectivity index (χ1n) is 7.68. The number of carbonyl (C=O) groups excluding carboxylic acids is 1. The van der Waals surface area contributed by atoms with Crippen molar-refractivity contribution in [3.8, 4) is 0 Å². The molecule has 1 atom stereocenters. The molecular weight excluding hydrogens is 310 g/mol. The molecule has 126 valence electrons. The second kappa shape index (κ2) is 6.45. The normalized spacial score (nSPS) is 17.8. The largest absolute Gasteiger partial charge is 0.465 e. The number of pyridine rings is 1. The Bertz CT molecular complexity index is 859. The Kier molecular flexibility index (Phi) is 4.35. The summed E-state index contributed by atoms with van der Waals surface area (Å²) in [5.74, 6) is 0.0852. The van der Waals surface area contributed by atoms with Crippen molar-refractivity contribution < 1.29 is 14.3 Å². The Morgan fingerprint density at radius 3 is 2.96 bits per heavy atom. The number of ether oxygens (including phenoxy) is 2. The van der Waals surface area contributed by atoms with Gasteiger partial charge in [0.15, 0.2) is 0 Å². The summed E-state index contributed by atoms with van der Waals surface area (Å²) < 4.78 is 11.6. The second-order valence-corrected chi connectivity index (χ2v) is 5.65. The van der Waals surface area contributed by atoms with Crippen LogP contribution in [0.25, 0.3) is 11.7 Å². The molecule has 0 N–H and O–H groups in total. The van der Waals surface area contributed by atoms with Gasteiger partial charge in [-0.25, -0.2) is 9.78 Å². The summed E-state index contributed by atoms with van der Waals surface area (Å²) in [6.45, 7) is 7.68. The van der Waals surface area contributed by atoms with Crippen LogP contribution in [0.2, 0.25) is 0 Å². The molecule has 2 aromatic rings. The summed E-state index contributed by atoms with van der Waals surface area (Å²) in [7, 11) is 1.30. The first-order chi connectivity index (χ1) is 11.5. The van der Waals surface area contributed by atoms with Gasteiger partial charge < -0.3 is 14.4 Å². The van der Waals surface area contributed by atoms with Gasteiger partial charge in [-0.15, -0.1) is 0 Å². The highest BCUT2D eigenvalue weighted by Crippen LogP contribution is 2.18. The van der Waals surface area contributed by atoms with Crippen molar-refractivity contribution in [1.29, 1.82) is 0 Å². The fourth-order valence-corrected chi connectivity index (χ4v) is 2.78. The molecule has 7 nitrogen and oxygen atoms in total. The van der Waals surface area contributed by atoms with Gasteiger partial charge in [-0.05, 0) is 13.0 Å². The molecule has 1 fully saturated rings. The van der Waals surface area contributed by atoms with Gasteiger partial charge in [-0.3, -0.25) is 9.20 Å². The van der Waals surface area contributed by atoms with E-state index in [-0.39, 0.29) is 17.2 Å². The summed E-state index contributed by atoms with van der Waals surface area (Å²) in [4.78, 5) is 30.9. The average Bonchev–Trinajstić information content (AvgIpc) is 2.60. The molecule has 1 aliphatic heterocycles. The highest BCUT2D eigenvalue weighted by molar-refractivity contribution is 5.90. The Hall–Kier alpha value is -2.67. The number of morpholine rings is 1. The van der Waals surface area contributed by atoms with Gasteiger partial charge in [0.2, 0.25) is 0 Å². The predicted octanol–water partition coefficient (Wildman–Crippen LogP) is 1.35. The molecule has 0 aliphatic carbocycles. The third-order valence-electron chi connectivity index (χ3n) is 3.98. The molecule has 1 aliphatic rings. The van der Waals surface area contributed by atoms with Crippen molar-refractivity contribution in [2.24, 2.45) is 0 Å². The lowest BCUT2D eigenvalue weighted by atomic mass is 10.2. The van der Waals surface area contributed by atoms with Gasteiger partial charge in [-0.2, -0.15) is 0 Å². The number of aromatic nitrogens is 2. The van der Waals surface area contributed by atoms with Crippen LogP contribution in [0.15, 0.2) is 29.7 Å². The van der Waals surface area contributed by atoms with E-state index in [4.69, 9.17) is 9.47 Å². The van der Waals surface area contributed by atoms with Crippen LogP contribution in [0.1, 0.15) is 22.8 Å². The van der Waals surface area contributed by atoms with Crippen LogP contribution in [0, 0.1) is 0 Å². The number of fused-ring (bicyclic) bond motifs is 1. The zero-order valence-corrected chi connectivity index (χ0v) is 13.7. The summed E-state index contributed by atoms with van der Waals surface area (Å²) >= 11 is 0. The van der Waals surface area contributed by atoms with E-state index in [0.717, 1.165) is 0 Å². The zero-order chi connectivity index (χ0) is 17.3. The lowest BCUT2D eigenvalue weighted by Gasteiger charge is -2.32. The Balaban J connectivity index is 2.15. The number of carbonyl (C=O) groups is 1. The molecule has 0 bridgehead atoms. The maximum absolute atomic E-state index is 12.5. The van der Waals surface area contributed by atoms with E-state index in [0.29, 0.717) is 36.7 Å². The molecule has 24 heavy (non-hydrogen) atoms. The Morgan fingerprint density at radius 1 is 1.50 bits per heavy atom. The van der Waals surface area contributed by atoms with Gasteiger partial charge in [0.05, 0.1) is 25.4 Å². The van der Waals surface area contributed by atoms with E-state index in [1.165, 1.54) is 23.8 Å². The topological polar surface area (TPSA) is 73.1 Å². The van der Waals surface area contributed by atoms with Gasteiger partial charge in [0, 0.05) is 30.9 Å². The summed E-state index contributed by atoms with van der Waals surface area (Å²) in [6.07, 6.45) is 3.09. The summed E-state index contributed by atoms with van der Waals surface area (Å²) in [5.41, 5.74) is 1.07. The van der Waals surface area contributed by atoms with E-state index in [1.807, 2.05) is 11.8 Å². The fourth-order valence-electron chi connectivity index (χ4n) is 2.78. The molecule has 1 unspecified atom stereocenters. The molecule has 0 aromatic carbocycles. The lowest BCUT2D eigenvalue weighted by Crippen LogP contribution is -2.42. The first kappa shape index (κ1) is 16.2. The number of hydrogen-bond donors (Lipinski definition) is 0. The summed E-state index contributed by atoms with van der Waals surface area (Å²) in [5, 5.41) is 0. The molecule has 1 saturated heterocycles. The van der Waals surface area contributed by atoms with Crippen LogP contribution in [0.5, 0.6) is 0 Å². The maximum Gasteiger partial charge on any atom is 0.339 e. The van der Waals surface area contributed by atoms with Crippen LogP contribution >= 0.6 is 0 Å². The van der Waals surface area contributed by atoms with Crippen LogP contribution in [-0.4, -0.2) is 48.3 Å². The zero-order valence-electron chi connectivity index (χ0n) is 13.7. The van der Waals surface area contributed by atoms with E-state index in [9.17, 15) is 9.59 Å². The van der Waals surface area contributed by atoms with E-state index in [1.54, 1.807) is 12.1 Å². The van der Waals surface area contributed by atoms with E-state index < -0.39 is 5.97 Å². The predicted molar refractivity (Wildman–Crippen MR) is 90.5 cm³/mol. The van der Waals surface area contributed by atoms with Gasteiger partial charge in [0.25, 0.3) is 5.56 Å². The van der Waals surface area contributed by atoms with Gasteiger partial charge in [-0.1, -0.05) is 12.7 Å². The van der Waals surface area contributed by atoms with Crippen LogP contribution in [0.4, 0.5) is 5.82 Å². The van der Waals surface area contributed by atoms with Crippen molar-refractivity contribution in [2.75, 3.05) is 31.7 Å². The Labute approximate surface area is 139 Å². The number of methoxy groups -OCH3 is 1. The minimum Gasteiger partial charge on any atom is -0.465 e. The molecule has 3 rings (SSSR count). The van der Waals surface area contributed by atoms with Crippen molar-refractivity contribution >= 4 is 23.5 Å². The standard InChI is InChI=1S/C17H19N3O4/c1-4-12-7-13(17(22)23-3)10-20-15(21)8-14(18-16(12)20)19-5-6-24-11(2)9-19/h4,7-8,10-11H,1,5-6,9H2,2-3H3. The number of anilines is 1. The molecule has 0 spiro atoms. The third kappa shape index (κ3) is 2.90. The number of hydrogen-bond acceptors (Lipinski definition) is 6. The minimum absolute atomic E-state index is 0.0829. The second-order valence-electron chi connectivity index (χ2n) is 5.65. The molecule has 2 aromatic heterocycles. The third-order valence-corrected chi connectivity index (χ3v) is 3.98. The number of esters is 1. The van der Waals surface area contributed by atoms with Crippen molar-refractivity contribution in [2.45, 2.75) is 13.0 Å². The quantitative estimate of drug-likeness (QED) is 0.792. The highest BCUT2D eigenvalue weighted by atomic mass is 16.5. The maximum atomic E-state index is 12.5. The molecular formula is C17H19N3O4. The molecule has 0 radical (unpaired) electrons. The van der Waals surface area contributed by atoms with Crippen LogP contribution in [0.3, 0.4) is 0 Å². The van der Waals surface area contributed by atoms with Crippen LogP contribution < -0.4 is 10.5 Å². The molecule has 7 heteroatoms. The highest BCUT2D eigenvalue weighted by Gasteiger charge is 2.20. The Morgan fingerprint density at radius 2 is 2.29 bits per heavy atom.